The van der Waals surface area contributed by atoms with Crippen LogP contribution in [0.15, 0.2) is 41.5 Å². The van der Waals surface area contributed by atoms with Crippen LogP contribution in [0.2, 0.25) is 0 Å². The summed E-state index contributed by atoms with van der Waals surface area (Å²) in [6.07, 6.45) is 5.13. The van der Waals surface area contributed by atoms with Gasteiger partial charge >= 0.3 is 0 Å². The van der Waals surface area contributed by atoms with Crippen molar-refractivity contribution in [1.29, 1.82) is 0 Å². The largest absolute Gasteiger partial charge is 0.291 e. The average Bonchev–Trinajstić information content (AvgIpc) is 3.28. The molecule has 2 aromatic rings. The predicted octanol–water partition coefficient (Wildman–Crippen LogP) is 2.11. The maximum absolute atomic E-state index is 12.7. The van der Waals surface area contributed by atoms with Crippen LogP contribution in [0.1, 0.15) is 35.2 Å². The summed E-state index contributed by atoms with van der Waals surface area (Å²) < 4.78 is 1.95. The zero-order valence-corrected chi connectivity index (χ0v) is 13.6. The van der Waals surface area contributed by atoms with E-state index in [1.807, 2.05) is 29.9 Å². The molecule has 1 aromatic heterocycles. The normalized spacial score (nSPS) is 24.7. The Bertz CT molecular complexity index is 840. The van der Waals surface area contributed by atoms with E-state index in [-0.39, 0.29) is 5.91 Å². The van der Waals surface area contributed by atoms with Crippen molar-refractivity contribution < 1.29 is 4.79 Å². The summed E-state index contributed by atoms with van der Waals surface area (Å²) in [6.45, 7) is 0.661. The number of hydrogen-bond donors (Lipinski definition) is 0. The molecule has 24 heavy (non-hydrogen) atoms. The SMILES string of the molecule is CN1C(=O)c2cnn(Cc3ccccc3)c2N2C1=N[C@@H]1CCC[C@@H]12. The molecule has 1 aromatic carbocycles. The van der Waals surface area contributed by atoms with Crippen LogP contribution in [-0.2, 0) is 6.54 Å². The van der Waals surface area contributed by atoms with Gasteiger partial charge in [0.05, 0.1) is 24.8 Å². The third-order valence-electron chi connectivity index (χ3n) is 5.32. The lowest BCUT2D eigenvalue weighted by Crippen LogP contribution is -2.51. The highest BCUT2D eigenvalue weighted by atomic mass is 16.2. The fourth-order valence-electron chi connectivity index (χ4n) is 4.16. The summed E-state index contributed by atoms with van der Waals surface area (Å²) in [5, 5.41) is 4.53. The van der Waals surface area contributed by atoms with Gasteiger partial charge in [-0.3, -0.25) is 14.6 Å². The first-order valence-corrected chi connectivity index (χ1v) is 8.49. The lowest BCUT2D eigenvalue weighted by Gasteiger charge is -2.35. The second-order valence-electron chi connectivity index (χ2n) is 6.75. The van der Waals surface area contributed by atoms with Crippen LogP contribution in [0, 0.1) is 0 Å². The van der Waals surface area contributed by atoms with Crippen molar-refractivity contribution in [3.05, 3.63) is 47.7 Å². The van der Waals surface area contributed by atoms with E-state index in [1.165, 1.54) is 12.0 Å². The van der Waals surface area contributed by atoms with Gasteiger partial charge in [0, 0.05) is 7.05 Å². The number of fused-ring (bicyclic) bond motifs is 5. The van der Waals surface area contributed by atoms with Crippen LogP contribution in [0.3, 0.4) is 0 Å². The van der Waals surface area contributed by atoms with Crippen molar-refractivity contribution in [2.45, 2.75) is 37.9 Å². The Kier molecular flexibility index (Phi) is 2.83. The van der Waals surface area contributed by atoms with Crippen molar-refractivity contribution >= 4 is 17.7 Å². The second-order valence-corrected chi connectivity index (χ2v) is 6.75. The number of anilines is 1. The van der Waals surface area contributed by atoms with Gasteiger partial charge in [-0.1, -0.05) is 30.3 Å². The predicted molar refractivity (Wildman–Crippen MR) is 91.2 cm³/mol. The van der Waals surface area contributed by atoms with Crippen LogP contribution in [0.25, 0.3) is 0 Å². The number of benzene rings is 1. The number of guanidine groups is 1. The highest BCUT2D eigenvalue weighted by Gasteiger charge is 2.48. The summed E-state index contributed by atoms with van der Waals surface area (Å²) in [5.74, 6) is 1.69. The molecule has 1 fully saturated rings. The van der Waals surface area contributed by atoms with E-state index < -0.39 is 0 Å². The molecule has 1 amide bonds. The molecule has 1 saturated carbocycles. The van der Waals surface area contributed by atoms with E-state index in [2.05, 4.69) is 22.1 Å². The quantitative estimate of drug-likeness (QED) is 0.851. The minimum absolute atomic E-state index is 0.0146. The van der Waals surface area contributed by atoms with Crippen LogP contribution in [0.5, 0.6) is 0 Å². The molecule has 0 spiro atoms. The maximum atomic E-state index is 12.7. The van der Waals surface area contributed by atoms with Crippen molar-refractivity contribution in [2.75, 3.05) is 11.9 Å². The molecule has 3 aliphatic rings. The van der Waals surface area contributed by atoms with E-state index in [1.54, 1.807) is 11.1 Å². The number of aliphatic imine (C=N–C) groups is 1. The molecule has 3 heterocycles. The summed E-state index contributed by atoms with van der Waals surface area (Å²) in [5.41, 5.74) is 1.86. The Morgan fingerprint density at radius 2 is 2.04 bits per heavy atom. The third kappa shape index (κ3) is 1.79. The summed E-state index contributed by atoms with van der Waals surface area (Å²) in [7, 11) is 1.81. The number of hydrogen-bond acceptors (Lipinski definition) is 4. The fraction of sp³-hybridized carbons (Fsp3) is 0.389. The Hall–Kier alpha value is -2.63. The smallest absolute Gasteiger partial charge is 0.265 e. The number of carbonyl (C=O) groups excluding carboxylic acids is 1. The zero-order chi connectivity index (χ0) is 16.3. The lowest BCUT2D eigenvalue weighted by molar-refractivity contribution is 0.0864. The van der Waals surface area contributed by atoms with Gasteiger partial charge in [0.2, 0.25) is 5.96 Å². The molecule has 2 atom stereocenters. The zero-order valence-electron chi connectivity index (χ0n) is 13.6. The molecule has 0 bridgehead atoms. The number of carbonyl (C=O) groups is 1. The second kappa shape index (κ2) is 4.93. The first kappa shape index (κ1) is 13.8. The number of aromatic nitrogens is 2. The maximum Gasteiger partial charge on any atom is 0.265 e. The van der Waals surface area contributed by atoms with E-state index in [4.69, 9.17) is 4.99 Å². The average molecular weight is 321 g/mol. The van der Waals surface area contributed by atoms with Crippen LogP contribution >= 0.6 is 0 Å². The minimum atomic E-state index is -0.0146. The number of nitrogens with zero attached hydrogens (tertiary/aromatic N) is 5. The van der Waals surface area contributed by atoms with Gasteiger partial charge in [0.1, 0.15) is 11.4 Å². The molecule has 0 unspecified atom stereocenters. The van der Waals surface area contributed by atoms with E-state index in [0.29, 0.717) is 24.2 Å². The standard InChI is InChI=1S/C18H19N5O/c1-21-17(24)13-10-19-22(11-12-6-3-2-4-7-12)16(13)23-15-9-5-8-14(15)20-18(21)23/h2-4,6-7,10,14-15H,5,8-9,11H2,1H3/t14-,15+/m1/s1. The van der Waals surface area contributed by atoms with Gasteiger partial charge in [-0.05, 0) is 24.8 Å². The highest BCUT2D eigenvalue weighted by molar-refractivity contribution is 6.18. The molecular formula is C18H19N5O. The van der Waals surface area contributed by atoms with Crippen molar-refractivity contribution in [3.63, 3.8) is 0 Å². The van der Waals surface area contributed by atoms with E-state index in [9.17, 15) is 4.79 Å². The third-order valence-corrected chi connectivity index (χ3v) is 5.32. The van der Waals surface area contributed by atoms with Crippen LogP contribution in [0.4, 0.5) is 5.82 Å². The van der Waals surface area contributed by atoms with Crippen molar-refractivity contribution in [1.82, 2.24) is 14.7 Å². The van der Waals surface area contributed by atoms with Crippen LogP contribution < -0.4 is 4.90 Å². The highest BCUT2D eigenvalue weighted by Crippen LogP contribution is 2.40. The summed E-state index contributed by atoms with van der Waals surface area (Å²) >= 11 is 0. The summed E-state index contributed by atoms with van der Waals surface area (Å²) in [4.78, 5) is 21.5. The molecule has 0 radical (unpaired) electrons. The Balaban J connectivity index is 1.62. The molecule has 0 saturated heterocycles. The van der Waals surface area contributed by atoms with Crippen molar-refractivity contribution in [3.8, 4) is 0 Å². The van der Waals surface area contributed by atoms with E-state index >= 15 is 0 Å². The molecule has 2 aliphatic heterocycles. The Labute approximate surface area is 140 Å². The first-order valence-electron chi connectivity index (χ1n) is 8.49. The monoisotopic (exact) mass is 321 g/mol. The molecule has 0 N–H and O–H groups in total. The van der Waals surface area contributed by atoms with Gasteiger partial charge in [-0.15, -0.1) is 0 Å². The minimum Gasteiger partial charge on any atom is -0.291 e. The molecule has 6 nitrogen and oxygen atoms in total. The van der Waals surface area contributed by atoms with Gasteiger partial charge in [0.25, 0.3) is 5.91 Å². The molecule has 1 aliphatic carbocycles. The van der Waals surface area contributed by atoms with Gasteiger partial charge < -0.3 is 0 Å². The number of rotatable bonds is 2. The molecular weight excluding hydrogens is 302 g/mol. The first-order chi connectivity index (χ1) is 11.7. The fourth-order valence-corrected chi connectivity index (χ4v) is 4.16. The lowest BCUT2D eigenvalue weighted by atomic mass is 10.1. The summed E-state index contributed by atoms with van der Waals surface area (Å²) in [6, 6.07) is 10.9. The topological polar surface area (TPSA) is 53.7 Å². The van der Waals surface area contributed by atoms with Gasteiger partial charge in [-0.25, -0.2) is 9.67 Å². The molecule has 6 heteroatoms. The Morgan fingerprint density at radius 1 is 1.21 bits per heavy atom. The number of amides is 1. The van der Waals surface area contributed by atoms with Crippen molar-refractivity contribution in [2.24, 2.45) is 4.99 Å². The van der Waals surface area contributed by atoms with E-state index in [0.717, 1.165) is 24.6 Å². The Morgan fingerprint density at radius 3 is 2.88 bits per heavy atom. The van der Waals surface area contributed by atoms with Gasteiger partial charge in [0.15, 0.2) is 0 Å². The van der Waals surface area contributed by atoms with Gasteiger partial charge in [-0.2, -0.15) is 5.10 Å². The molecule has 122 valence electrons. The van der Waals surface area contributed by atoms with Crippen LogP contribution in [-0.4, -0.2) is 45.7 Å². The molecule has 5 rings (SSSR count).